The molecular formula is C13H19ClN2OS. The second-order valence-electron chi connectivity index (χ2n) is 4.07. The van der Waals surface area contributed by atoms with Gasteiger partial charge in [-0.3, -0.25) is 0 Å². The smallest absolute Gasteiger partial charge is 0.169 e. The molecule has 0 fully saturated rings. The lowest BCUT2D eigenvalue weighted by Crippen LogP contribution is -2.39. The summed E-state index contributed by atoms with van der Waals surface area (Å²) in [4.78, 5) is 2.01. The lowest BCUT2D eigenvalue weighted by atomic mass is 10.1. The summed E-state index contributed by atoms with van der Waals surface area (Å²) in [6.07, 6.45) is 0. The zero-order valence-electron chi connectivity index (χ0n) is 10.9. The van der Waals surface area contributed by atoms with Crippen LogP contribution >= 0.6 is 23.8 Å². The summed E-state index contributed by atoms with van der Waals surface area (Å²) in [6.45, 7) is 3.44. The van der Waals surface area contributed by atoms with Gasteiger partial charge in [-0.2, -0.15) is 0 Å². The van der Waals surface area contributed by atoms with Crippen molar-refractivity contribution in [3.8, 4) is 0 Å². The van der Waals surface area contributed by atoms with Gasteiger partial charge in [-0.15, -0.1) is 0 Å². The topological polar surface area (TPSA) is 24.5 Å². The molecule has 0 saturated heterocycles. The van der Waals surface area contributed by atoms with Gasteiger partial charge in [0.15, 0.2) is 5.11 Å². The summed E-state index contributed by atoms with van der Waals surface area (Å²) in [5.41, 5.74) is 1.14. The number of nitrogens with zero attached hydrogens (tertiary/aromatic N) is 1. The van der Waals surface area contributed by atoms with Gasteiger partial charge < -0.3 is 15.0 Å². The van der Waals surface area contributed by atoms with E-state index in [0.717, 1.165) is 10.6 Å². The first-order valence-corrected chi connectivity index (χ1v) is 6.60. The first-order valence-electron chi connectivity index (χ1n) is 5.81. The van der Waals surface area contributed by atoms with Crippen molar-refractivity contribution in [1.29, 1.82) is 0 Å². The molecular weight excluding hydrogens is 268 g/mol. The van der Waals surface area contributed by atoms with Gasteiger partial charge in [-0.1, -0.05) is 23.7 Å². The van der Waals surface area contributed by atoms with Gasteiger partial charge in [0.05, 0.1) is 12.6 Å². The zero-order chi connectivity index (χ0) is 13.5. The summed E-state index contributed by atoms with van der Waals surface area (Å²) in [6, 6.07) is 7.99. The van der Waals surface area contributed by atoms with E-state index in [1.165, 1.54) is 0 Å². The normalized spacial score (nSPS) is 12.0. The Bertz CT molecular complexity index is 400. The van der Waals surface area contributed by atoms with Crippen molar-refractivity contribution in [3.05, 3.63) is 34.9 Å². The first-order chi connectivity index (χ1) is 8.56. The molecule has 0 bridgehead atoms. The van der Waals surface area contributed by atoms with Crippen LogP contribution in [0.4, 0.5) is 0 Å². The molecule has 1 atom stereocenters. The fourth-order valence-electron chi connectivity index (χ4n) is 1.55. The maximum atomic E-state index is 5.99. The Morgan fingerprint density at radius 1 is 1.56 bits per heavy atom. The standard InChI is InChI=1S/C13H19ClN2OS/c1-10(11-5-4-6-12(14)9-11)16(2)13(18)15-7-8-17-3/h4-6,9-10H,7-8H2,1-3H3,(H,15,18). The lowest BCUT2D eigenvalue weighted by molar-refractivity contribution is 0.202. The van der Waals surface area contributed by atoms with Crippen LogP contribution in [0.25, 0.3) is 0 Å². The van der Waals surface area contributed by atoms with Crippen LogP contribution in [-0.4, -0.2) is 37.3 Å². The highest BCUT2D eigenvalue weighted by molar-refractivity contribution is 7.80. The fourth-order valence-corrected chi connectivity index (χ4v) is 2.01. The van der Waals surface area contributed by atoms with Crippen LogP contribution in [0, 0.1) is 0 Å². The van der Waals surface area contributed by atoms with Crippen molar-refractivity contribution >= 4 is 28.9 Å². The van der Waals surface area contributed by atoms with Crippen molar-refractivity contribution in [2.24, 2.45) is 0 Å². The van der Waals surface area contributed by atoms with E-state index in [9.17, 15) is 0 Å². The number of halogens is 1. The van der Waals surface area contributed by atoms with E-state index in [0.29, 0.717) is 18.3 Å². The fraction of sp³-hybridized carbons (Fsp3) is 0.462. The molecule has 5 heteroatoms. The van der Waals surface area contributed by atoms with Gasteiger partial charge in [0.2, 0.25) is 0 Å². The number of ether oxygens (including phenoxy) is 1. The quantitative estimate of drug-likeness (QED) is 0.664. The van der Waals surface area contributed by atoms with Crippen molar-refractivity contribution in [2.75, 3.05) is 27.3 Å². The third-order valence-corrected chi connectivity index (χ3v) is 3.48. The van der Waals surface area contributed by atoms with E-state index in [4.69, 9.17) is 28.6 Å². The first kappa shape index (κ1) is 15.2. The van der Waals surface area contributed by atoms with Gasteiger partial charge in [0.1, 0.15) is 0 Å². The van der Waals surface area contributed by atoms with Crippen LogP contribution in [0.5, 0.6) is 0 Å². The van der Waals surface area contributed by atoms with Gasteiger partial charge >= 0.3 is 0 Å². The van der Waals surface area contributed by atoms with Crippen molar-refractivity contribution in [1.82, 2.24) is 10.2 Å². The number of hydrogen-bond donors (Lipinski definition) is 1. The Labute approximate surface area is 119 Å². The number of rotatable bonds is 5. The number of hydrogen-bond acceptors (Lipinski definition) is 2. The highest BCUT2D eigenvalue weighted by atomic mass is 35.5. The molecule has 100 valence electrons. The zero-order valence-corrected chi connectivity index (χ0v) is 12.5. The summed E-state index contributed by atoms with van der Waals surface area (Å²) < 4.78 is 4.97. The third kappa shape index (κ3) is 4.44. The maximum Gasteiger partial charge on any atom is 0.169 e. The number of nitrogens with one attached hydrogen (secondary N) is 1. The number of thiocarbonyl (C=S) groups is 1. The molecule has 0 radical (unpaired) electrons. The van der Waals surface area contributed by atoms with Crippen LogP contribution in [0.2, 0.25) is 5.02 Å². The highest BCUT2D eigenvalue weighted by Crippen LogP contribution is 2.21. The minimum Gasteiger partial charge on any atom is -0.383 e. The molecule has 1 aromatic carbocycles. The Kier molecular flexibility index (Phi) is 6.39. The van der Waals surface area contributed by atoms with Crippen LogP contribution in [0.15, 0.2) is 24.3 Å². The van der Waals surface area contributed by atoms with Gasteiger partial charge in [-0.05, 0) is 36.8 Å². The molecule has 0 aliphatic carbocycles. The molecule has 1 rings (SSSR count). The van der Waals surface area contributed by atoms with Crippen LogP contribution in [0.1, 0.15) is 18.5 Å². The molecule has 0 aliphatic rings. The molecule has 0 aliphatic heterocycles. The van der Waals surface area contributed by atoms with Crippen LogP contribution < -0.4 is 5.32 Å². The third-order valence-electron chi connectivity index (χ3n) is 2.81. The van der Waals surface area contributed by atoms with E-state index in [1.54, 1.807) is 7.11 Å². The highest BCUT2D eigenvalue weighted by Gasteiger charge is 2.14. The Morgan fingerprint density at radius 2 is 2.28 bits per heavy atom. The van der Waals surface area contributed by atoms with Gasteiger partial charge in [-0.25, -0.2) is 0 Å². The molecule has 0 saturated carbocycles. The van der Waals surface area contributed by atoms with E-state index in [-0.39, 0.29) is 6.04 Å². The summed E-state index contributed by atoms with van der Waals surface area (Å²) in [5.74, 6) is 0. The van der Waals surface area contributed by atoms with Gasteiger partial charge in [0.25, 0.3) is 0 Å². The molecule has 3 nitrogen and oxygen atoms in total. The molecule has 0 aromatic heterocycles. The number of methoxy groups -OCH3 is 1. The maximum absolute atomic E-state index is 5.99. The van der Waals surface area contributed by atoms with E-state index in [2.05, 4.69) is 12.2 Å². The Morgan fingerprint density at radius 3 is 2.89 bits per heavy atom. The summed E-state index contributed by atoms with van der Waals surface area (Å²) in [5, 5.41) is 4.60. The van der Waals surface area contributed by atoms with Crippen molar-refractivity contribution in [3.63, 3.8) is 0 Å². The largest absolute Gasteiger partial charge is 0.383 e. The molecule has 0 spiro atoms. The monoisotopic (exact) mass is 286 g/mol. The molecule has 1 N–H and O–H groups in total. The average Bonchev–Trinajstić information content (AvgIpc) is 2.37. The molecule has 18 heavy (non-hydrogen) atoms. The van der Waals surface area contributed by atoms with E-state index >= 15 is 0 Å². The second kappa shape index (κ2) is 7.56. The minimum atomic E-state index is 0.172. The molecule has 0 amide bonds. The predicted octanol–water partition coefficient (Wildman–Crippen LogP) is 2.85. The SMILES string of the molecule is COCCNC(=S)N(C)C(C)c1cccc(Cl)c1. The molecule has 1 aromatic rings. The average molecular weight is 287 g/mol. The molecule has 1 unspecified atom stereocenters. The second-order valence-corrected chi connectivity index (χ2v) is 4.89. The summed E-state index contributed by atoms with van der Waals surface area (Å²) >= 11 is 11.3. The minimum absolute atomic E-state index is 0.172. The Hall–Kier alpha value is -0.840. The molecule has 0 heterocycles. The number of benzene rings is 1. The predicted molar refractivity (Wildman–Crippen MR) is 80.1 cm³/mol. The van der Waals surface area contributed by atoms with Crippen molar-refractivity contribution in [2.45, 2.75) is 13.0 Å². The van der Waals surface area contributed by atoms with Gasteiger partial charge in [0, 0.05) is 25.7 Å². The van der Waals surface area contributed by atoms with Crippen LogP contribution in [-0.2, 0) is 4.74 Å². The van der Waals surface area contributed by atoms with Crippen molar-refractivity contribution < 1.29 is 4.74 Å². The Balaban J connectivity index is 2.60. The van der Waals surface area contributed by atoms with E-state index < -0.39 is 0 Å². The van der Waals surface area contributed by atoms with E-state index in [1.807, 2.05) is 36.2 Å². The lowest BCUT2D eigenvalue weighted by Gasteiger charge is -2.28. The van der Waals surface area contributed by atoms with Crippen LogP contribution in [0.3, 0.4) is 0 Å². The summed E-state index contributed by atoms with van der Waals surface area (Å²) in [7, 11) is 3.64.